The Labute approximate surface area is 141 Å². The Hall–Kier alpha value is -2.41. The van der Waals surface area contributed by atoms with E-state index >= 15 is 0 Å². The van der Waals surface area contributed by atoms with Gasteiger partial charge in [-0.25, -0.2) is 12.8 Å². The van der Waals surface area contributed by atoms with E-state index in [2.05, 4.69) is 5.32 Å². The van der Waals surface area contributed by atoms with E-state index in [0.717, 1.165) is 16.1 Å². The van der Waals surface area contributed by atoms with Crippen molar-refractivity contribution in [2.75, 3.05) is 17.1 Å². The van der Waals surface area contributed by atoms with Crippen LogP contribution < -0.4 is 9.62 Å². The first-order valence-electron chi connectivity index (χ1n) is 7.40. The summed E-state index contributed by atoms with van der Waals surface area (Å²) in [7, 11) is -3.56. The first kappa shape index (κ1) is 17.9. The van der Waals surface area contributed by atoms with E-state index in [1.807, 2.05) is 30.3 Å². The van der Waals surface area contributed by atoms with Crippen molar-refractivity contribution in [2.24, 2.45) is 0 Å². The van der Waals surface area contributed by atoms with Crippen molar-refractivity contribution in [1.82, 2.24) is 5.32 Å². The molecule has 1 amide bonds. The molecule has 2 aromatic rings. The topological polar surface area (TPSA) is 66.5 Å². The maximum absolute atomic E-state index is 13.0. The lowest BCUT2D eigenvalue weighted by molar-refractivity contribution is -0.121. The molecule has 24 heavy (non-hydrogen) atoms. The molecule has 0 spiro atoms. The van der Waals surface area contributed by atoms with Crippen LogP contribution in [0.25, 0.3) is 0 Å². The smallest absolute Gasteiger partial charge is 0.232 e. The molecule has 5 nitrogen and oxygen atoms in total. The normalized spacial score (nSPS) is 11.1. The molecule has 1 N–H and O–H groups in total. The molecule has 7 heteroatoms. The van der Waals surface area contributed by atoms with E-state index in [-0.39, 0.29) is 18.9 Å². The van der Waals surface area contributed by atoms with E-state index in [9.17, 15) is 17.6 Å². The van der Waals surface area contributed by atoms with E-state index in [1.165, 1.54) is 24.3 Å². The number of hydrogen-bond acceptors (Lipinski definition) is 3. The van der Waals surface area contributed by atoms with Crippen molar-refractivity contribution in [2.45, 2.75) is 13.0 Å². The molecule has 0 saturated heterocycles. The highest BCUT2D eigenvalue weighted by Gasteiger charge is 2.18. The Morgan fingerprint density at radius 2 is 1.71 bits per heavy atom. The van der Waals surface area contributed by atoms with Crippen LogP contribution in [0.1, 0.15) is 12.0 Å². The van der Waals surface area contributed by atoms with Gasteiger partial charge in [-0.15, -0.1) is 0 Å². The second-order valence-electron chi connectivity index (χ2n) is 5.32. The summed E-state index contributed by atoms with van der Waals surface area (Å²) in [6.45, 7) is 0.375. The summed E-state index contributed by atoms with van der Waals surface area (Å²) < 4.78 is 37.9. The SMILES string of the molecule is CS(=O)(=O)N(CCC(=O)NCc1ccccc1)c1ccc(F)cc1. The molecular weight excluding hydrogens is 331 g/mol. The number of nitrogens with zero attached hydrogens (tertiary/aromatic N) is 1. The Balaban J connectivity index is 1.95. The van der Waals surface area contributed by atoms with Gasteiger partial charge in [0.1, 0.15) is 5.82 Å². The van der Waals surface area contributed by atoms with E-state index < -0.39 is 15.8 Å². The van der Waals surface area contributed by atoms with E-state index in [1.54, 1.807) is 0 Å². The zero-order valence-electron chi connectivity index (χ0n) is 13.3. The summed E-state index contributed by atoms with van der Waals surface area (Å²) in [5, 5.41) is 2.75. The van der Waals surface area contributed by atoms with Gasteiger partial charge < -0.3 is 5.32 Å². The second-order valence-corrected chi connectivity index (χ2v) is 7.23. The average Bonchev–Trinajstić information content (AvgIpc) is 2.54. The summed E-state index contributed by atoms with van der Waals surface area (Å²) in [6, 6.07) is 14.5. The number of amides is 1. The molecule has 0 fully saturated rings. The maximum atomic E-state index is 13.0. The third-order valence-electron chi connectivity index (χ3n) is 3.39. The van der Waals surface area contributed by atoms with Crippen LogP contribution in [0.15, 0.2) is 54.6 Å². The number of anilines is 1. The number of sulfonamides is 1. The Kier molecular flexibility index (Phi) is 5.92. The molecule has 128 valence electrons. The van der Waals surface area contributed by atoms with Gasteiger partial charge in [0, 0.05) is 19.5 Å². The fraction of sp³-hybridized carbons (Fsp3) is 0.235. The number of nitrogens with one attached hydrogen (secondary N) is 1. The van der Waals surface area contributed by atoms with Gasteiger partial charge in [0.25, 0.3) is 0 Å². The summed E-state index contributed by atoms with van der Waals surface area (Å²) in [6.07, 6.45) is 1.06. The van der Waals surface area contributed by atoms with Crippen LogP contribution in [0.3, 0.4) is 0 Å². The first-order chi connectivity index (χ1) is 11.4. The van der Waals surface area contributed by atoms with Crippen molar-refractivity contribution < 1.29 is 17.6 Å². The quantitative estimate of drug-likeness (QED) is 0.833. The molecule has 2 rings (SSSR count). The Morgan fingerprint density at radius 1 is 1.08 bits per heavy atom. The molecule has 0 bridgehead atoms. The standard InChI is InChI=1S/C17H19FN2O3S/c1-24(22,23)20(16-9-7-15(18)8-10-16)12-11-17(21)19-13-14-5-3-2-4-6-14/h2-10H,11-13H2,1H3,(H,19,21). The predicted octanol–water partition coefficient (Wildman–Crippen LogP) is 2.30. The lowest BCUT2D eigenvalue weighted by Gasteiger charge is -2.22. The van der Waals surface area contributed by atoms with E-state index in [0.29, 0.717) is 12.2 Å². The molecule has 0 atom stereocenters. The van der Waals surface area contributed by atoms with Crippen molar-refractivity contribution in [1.29, 1.82) is 0 Å². The van der Waals surface area contributed by atoms with Crippen molar-refractivity contribution in [3.05, 3.63) is 66.0 Å². The van der Waals surface area contributed by atoms with Crippen LogP contribution >= 0.6 is 0 Å². The van der Waals surface area contributed by atoms with Crippen LogP contribution in [0.4, 0.5) is 10.1 Å². The number of halogens is 1. The lowest BCUT2D eigenvalue weighted by atomic mass is 10.2. The van der Waals surface area contributed by atoms with Crippen LogP contribution in [0, 0.1) is 5.82 Å². The minimum Gasteiger partial charge on any atom is -0.352 e. The zero-order chi connectivity index (χ0) is 17.6. The van der Waals surface area contributed by atoms with E-state index in [4.69, 9.17) is 0 Å². The number of hydrogen-bond donors (Lipinski definition) is 1. The van der Waals surface area contributed by atoms with Crippen LogP contribution in [-0.2, 0) is 21.4 Å². The molecule has 0 aromatic heterocycles. The number of carbonyl (C=O) groups is 1. The largest absolute Gasteiger partial charge is 0.352 e. The van der Waals surface area contributed by atoms with Gasteiger partial charge in [-0.05, 0) is 29.8 Å². The monoisotopic (exact) mass is 350 g/mol. The van der Waals surface area contributed by atoms with Gasteiger partial charge in [0.2, 0.25) is 15.9 Å². The first-order valence-corrected chi connectivity index (χ1v) is 9.25. The summed E-state index contributed by atoms with van der Waals surface area (Å²) in [5.41, 5.74) is 1.29. The Morgan fingerprint density at radius 3 is 2.29 bits per heavy atom. The number of carbonyl (C=O) groups excluding carboxylic acids is 1. The van der Waals surface area contributed by atoms with Crippen molar-refractivity contribution in [3.63, 3.8) is 0 Å². The molecule has 0 aliphatic heterocycles. The van der Waals surface area contributed by atoms with Gasteiger partial charge in [-0.1, -0.05) is 30.3 Å². The molecule has 2 aromatic carbocycles. The highest BCUT2D eigenvalue weighted by atomic mass is 32.2. The molecule has 0 heterocycles. The van der Waals surface area contributed by atoms with Crippen molar-refractivity contribution in [3.8, 4) is 0 Å². The molecule has 0 unspecified atom stereocenters. The molecular formula is C17H19FN2O3S. The van der Waals surface area contributed by atoms with Crippen LogP contribution in [0.2, 0.25) is 0 Å². The fourth-order valence-corrected chi connectivity index (χ4v) is 3.11. The Bertz CT molecular complexity index is 777. The zero-order valence-corrected chi connectivity index (χ0v) is 14.1. The highest BCUT2D eigenvalue weighted by molar-refractivity contribution is 7.92. The molecule has 0 aliphatic rings. The predicted molar refractivity (Wildman–Crippen MR) is 91.5 cm³/mol. The van der Waals surface area contributed by atoms with Gasteiger partial charge in [0.15, 0.2) is 0 Å². The van der Waals surface area contributed by atoms with Gasteiger partial charge in [0.05, 0.1) is 11.9 Å². The lowest BCUT2D eigenvalue weighted by Crippen LogP contribution is -2.34. The number of rotatable bonds is 7. The van der Waals surface area contributed by atoms with Crippen LogP contribution in [0.5, 0.6) is 0 Å². The number of benzene rings is 2. The summed E-state index contributed by atoms with van der Waals surface area (Å²) in [4.78, 5) is 11.9. The fourth-order valence-electron chi connectivity index (χ4n) is 2.18. The maximum Gasteiger partial charge on any atom is 0.232 e. The summed E-state index contributed by atoms with van der Waals surface area (Å²) >= 11 is 0. The molecule has 0 radical (unpaired) electrons. The van der Waals surface area contributed by atoms with Gasteiger partial charge in [-0.2, -0.15) is 0 Å². The van der Waals surface area contributed by atoms with Crippen LogP contribution in [-0.4, -0.2) is 27.1 Å². The molecule has 0 aliphatic carbocycles. The van der Waals surface area contributed by atoms with Crippen molar-refractivity contribution >= 4 is 21.6 Å². The van der Waals surface area contributed by atoms with Gasteiger partial charge in [-0.3, -0.25) is 9.10 Å². The minimum atomic E-state index is -3.56. The summed E-state index contributed by atoms with van der Waals surface area (Å²) in [5.74, 6) is -0.706. The minimum absolute atomic E-state index is 0.00884. The van der Waals surface area contributed by atoms with Gasteiger partial charge >= 0.3 is 0 Å². The third kappa shape index (κ3) is 5.34. The molecule has 0 saturated carbocycles. The average molecular weight is 350 g/mol. The highest BCUT2D eigenvalue weighted by Crippen LogP contribution is 2.18. The second kappa shape index (κ2) is 7.92. The third-order valence-corrected chi connectivity index (χ3v) is 4.58.